The fourth-order valence-electron chi connectivity index (χ4n) is 2.58. The van der Waals surface area contributed by atoms with Gasteiger partial charge in [0.2, 0.25) is 0 Å². The van der Waals surface area contributed by atoms with Crippen molar-refractivity contribution in [1.82, 2.24) is 5.32 Å². The van der Waals surface area contributed by atoms with Crippen LogP contribution in [0.3, 0.4) is 0 Å². The molecule has 0 atom stereocenters. The third-order valence-electron chi connectivity index (χ3n) is 3.77. The summed E-state index contributed by atoms with van der Waals surface area (Å²) >= 11 is 5.91. The van der Waals surface area contributed by atoms with Crippen LogP contribution in [0.4, 0.5) is 0 Å². The SMILES string of the molecule is COc1ccc(Cl)cc1C(=O)NCC1(O)CCCCC1. The van der Waals surface area contributed by atoms with Gasteiger partial charge in [0, 0.05) is 11.6 Å². The van der Waals surface area contributed by atoms with Gasteiger partial charge in [-0.3, -0.25) is 4.79 Å². The van der Waals surface area contributed by atoms with Gasteiger partial charge in [-0.25, -0.2) is 0 Å². The average molecular weight is 298 g/mol. The standard InChI is InChI=1S/C15H20ClNO3/c1-20-13-6-5-11(16)9-12(13)14(18)17-10-15(19)7-3-2-4-8-15/h5-6,9,19H,2-4,7-8,10H2,1H3,(H,17,18). The van der Waals surface area contributed by atoms with Crippen LogP contribution < -0.4 is 10.1 Å². The Morgan fingerprint density at radius 2 is 2.10 bits per heavy atom. The normalized spacial score (nSPS) is 17.6. The van der Waals surface area contributed by atoms with E-state index in [0.29, 0.717) is 16.3 Å². The topological polar surface area (TPSA) is 58.6 Å². The maximum Gasteiger partial charge on any atom is 0.255 e. The van der Waals surface area contributed by atoms with E-state index in [4.69, 9.17) is 16.3 Å². The van der Waals surface area contributed by atoms with Crippen LogP contribution in [0, 0.1) is 0 Å². The lowest BCUT2D eigenvalue weighted by Crippen LogP contribution is -2.44. The molecule has 1 saturated carbocycles. The molecule has 20 heavy (non-hydrogen) atoms. The highest BCUT2D eigenvalue weighted by molar-refractivity contribution is 6.31. The van der Waals surface area contributed by atoms with E-state index in [-0.39, 0.29) is 12.5 Å². The van der Waals surface area contributed by atoms with Crippen LogP contribution in [0.15, 0.2) is 18.2 Å². The maximum absolute atomic E-state index is 12.2. The molecule has 4 nitrogen and oxygen atoms in total. The lowest BCUT2D eigenvalue weighted by Gasteiger charge is -2.32. The summed E-state index contributed by atoms with van der Waals surface area (Å²) in [4.78, 5) is 12.2. The molecule has 2 N–H and O–H groups in total. The number of hydrogen-bond acceptors (Lipinski definition) is 3. The summed E-state index contributed by atoms with van der Waals surface area (Å²) in [5.74, 6) is 0.200. The summed E-state index contributed by atoms with van der Waals surface area (Å²) in [6.45, 7) is 0.265. The zero-order valence-electron chi connectivity index (χ0n) is 11.6. The number of amides is 1. The minimum atomic E-state index is -0.778. The highest BCUT2D eigenvalue weighted by atomic mass is 35.5. The van der Waals surface area contributed by atoms with Gasteiger partial charge in [-0.1, -0.05) is 30.9 Å². The smallest absolute Gasteiger partial charge is 0.255 e. The minimum Gasteiger partial charge on any atom is -0.496 e. The van der Waals surface area contributed by atoms with Crippen LogP contribution in [0.5, 0.6) is 5.75 Å². The van der Waals surface area contributed by atoms with Crippen molar-refractivity contribution in [3.8, 4) is 5.75 Å². The van der Waals surface area contributed by atoms with Gasteiger partial charge in [-0.2, -0.15) is 0 Å². The molecule has 1 amide bonds. The third-order valence-corrected chi connectivity index (χ3v) is 4.00. The van der Waals surface area contributed by atoms with Crippen molar-refractivity contribution in [2.24, 2.45) is 0 Å². The van der Waals surface area contributed by atoms with E-state index in [0.717, 1.165) is 32.1 Å². The first-order chi connectivity index (χ1) is 9.54. The molecule has 0 spiro atoms. The highest BCUT2D eigenvalue weighted by Crippen LogP contribution is 2.28. The number of hydrogen-bond donors (Lipinski definition) is 2. The van der Waals surface area contributed by atoms with Gasteiger partial charge in [-0.15, -0.1) is 0 Å². The molecule has 0 heterocycles. The highest BCUT2D eigenvalue weighted by Gasteiger charge is 2.29. The Bertz CT molecular complexity index is 484. The van der Waals surface area contributed by atoms with Crippen molar-refractivity contribution < 1.29 is 14.6 Å². The van der Waals surface area contributed by atoms with E-state index < -0.39 is 5.60 Å². The predicted molar refractivity (Wildman–Crippen MR) is 78.4 cm³/mol. The summed E-state index contributed by atoms with van der Waals surface area (Å²) in [6.07, 6.45) is 4.64. The summed E-state index contributed by atoms with van der Waals surface area (Å²) in [5.41, 5.74) is -0.390. The molecule has 0 aliphatic heterocycles. The molecular weight excluding hydrogens is 278 g/mol. The zero-order valence-corrected chi connectivity index (χ0v) is 12.4. The second kappa shape index (κ2) is 6.46. The number of nitrogens with one attached hydrogen (secondary N) is 1. The number of halogens is 1. The molecule has 1 aromatic rings. The molecular formula is C15H20ClNO3. The van der Waals surface area contributed by atoms with Gasteiger partial charge < -0.3 is 15.2 Å². The summed E-state index contributed by atoms with van der Waals surface area (Å²) in [7, 11) is 1.51. The molecule has 5 heteroatoms. The maximum atomic E-state index is 12.2. The van der Waals surface area contributed by atoms with E-state index in [1.54, 1.807) is 18.2 Å². The molecule has 110 valence electrons. The van der Waals surface area contributed by atoms with Crippen LogP contribution in [0.1, 0.15) is 42.5 Å². The van der Waals surface area contributed by atoms with Crippen molar-refractivity contribution in [3.63, 3.8) is 0 Å². The number of ether oxygens (including phenoxy) is 1. The lowest BCUT2D eigenvalue weighted by molar-refractivity contribution is 0.00523. The van der Waals surface area contributed by atoms with E-state index >= 15 is 0 Å². The Hall–Kier alpha value is -1.26. The lowest BCUT2D eigenvalue weighted by atomic mass is 9.85. The number of carbonyl (C=O) groups is 1. The molecule has 1 aromatic carbocycles. The van der Waals surface area contributed by atoms with Crippen molar-refractivity contribution in [3.05, 3.63) is 28.8 Å². The second-order valence-corrected chi connectivity index (χ2v) is 5.75. The first kappa shape index (κ1) is 15.1. The fraction of sp³-hybridized carbons (Fsp3) is 0.533. The molecule has 0 bridgehead atoms. The average Bonchev–Trinajstić information content (AvgIpc) is 2.45. The van der Waals surface area contributed by atoms with Crippen molar-refractivity contribution in [1.29, 1.82) is 0 Å². The first-order valence-electron chi connectivity index (χ1n) is 6.88. The van der Waals surface area contributed by atoms with Crippen molar-refractivity contribution in [2.45, 2.75) is 37.7 Å². The van der Waals surface area contributed by atoms with E-state index in [2.05, 4.69) is 5.32 Å². The fourth-order valence-corrected chi connectivity index (χ4v) is 2.76. The molecule has 1 aliphatic rings. The molecule has 1 fully saturated rings. The van der Waals surface area contributed by atoms with Crippen LogP contribution in [-0.4, -0.2) is 30.3 Å². The number of methoxy groups -OCH3 is 1. The predicted octanol–water partition coefficient (Wildman–Crippen LogP) is 2.77. The van der Waals surface area contributed by atoms with E-state index in [1.165, 1.54) is 7.11 Å². The van der Waals surface area contributed by atoms with E-state index in [9.17, 15) is 9.90 Å². The third kappa shape index (κ3) is 3.64. The largest absolute Gasteiger partial charge is 0.496 e. The Balaban J connectivity index is 2.03. The van der Waals surface area contributed by atoms with Gasteiger partial charge >= 0.3 is 0 Å². The molecule has 0 saturated heterocycles. The van der Waals surface area contributed by atoms with Crippen molar-refractivity contribution in [2.75, 3.05) is 13.7 Å². The molecule has 0 unspecified atom stereocenters. The number of benzene rings is 1. The number of carbonyl (C=O) groups excluding carboxylic acids is 1. The Morgan fingerprint density at radius 3 is 2.75 bits per heavy atom. The summed E-state index contributed by atoms with van der Waals surface area (Å²) < 4.78 is 5.16. The monoisotopic (exact) mass is 297 g/mol. The summed E-state index contributed by atoms with van der Waals surface area (Å²) in [6, 6.07) is 4.90. The van der Waals surface area contributed by atoms with Crippen LogP contribution in [0.2, 0.25) is 5.02 Å². The quantitative estimate of drug-likeness (QED) is 0.898. The molecule has 2 rings (SSSR count). The van der Waals surface area contributed by atoms with Gasteiger partial charge in [0.25, 0.3) is 5.91 Å². The zero-order chi connectivity index (χ0) is 14.6. The van der Waals surface area contributed by atoms with E-state index in [1.807, 2.05) is 0 Å². The Labute approximate surface area is 124 Å². The van der Waals surface area contributed by atoms with Gasteiger partial charge in [0.1, 0.15) is 5.75 Å². The first-order valence-corrected chi connectivity index (χ1v) is 7.26. The Morgan fingerprint density at radius 1 is 1.40 bits per heavy atom. The molecule has 0 aromatic heterocycles. The minimum absolute atomic E-state index is 0.265. The van der Waals surface area contributed by atoms with Gasteiger partial charge in [0.05, 0.1) is 18.3 Å². The van der Waals surface area contributed by atoms with Crippen LogP contribution >= 0.6 is 11.6 Å². The van der Waals surface area contributed by atoms with Crippen molar-refractivity contribution >= 4 is 17.5 Å². The number of aliphatic hydroxyl groups is 1. The second-order valence-electron chi connectivity index (χ2n) is 5.31. The molecule has 0 radical (unpaired) electrons. The Kier molecular flexibility index (Phi) is 4.89. The number of rotatable bonds is 4. The van der Waals surface area contributed by atoms with Gasteiger partial charge in [-0.05, 0) is 31.0 Å². The van der Waals surface area contributed by atoms with Crippen LogP contribution in [0.25, 0.3) is 0 Å². The van der Waals surface area contributed by atoms with Gasteiger partial charge in [0.15, 0.2) is 0 Å². The molecule has 1 aliphatic carbocycles. The van der Waals surface area contributed by atoms with Crippen LogP contribution in [-0.2, 0) is 0 Å². The summed E-state index contributed by atoms with van der Waals surface area (Å²) in [5, 5.41) is 13.6.